The molecule has 1 atom stereocenters. The van der Waals surface area contributed by atoms with Gasteiger partial charge in [0.1, 0.15) is 11.9 Å². The Kier molecular flexibility index (Phi) is 3.97. The van der Waals surface area contributed by atoms with E-state index >= 15 is 0 Å². The summed E-state index contributed by atoms with van der Waals surface area (Å²) in [5, 5.41) is 2.73. The molecule has 0 bridgehead atoms. The standard InChI is InChI=1S/C14H15FN2O2/c1-10(19-2)14(18)16-12-6-5-11(15)9-13(12)17-7-3-4-8-17/h3-10H,1-2H3,(H,16,18)/t10-/m0/s1. The van der Waals surface area contributed by atoms with E-state index in [2.05, 4.69) is 5.32 Å². The molecular formula is C14H15FN2O2. The van der Waals surface area contributed by atoms with Crippen molar-refractivity contribution in [2.75, 3.05) is 12.4 Å². The van der Waals surface area contributed by atoms with Gasteiger partial charge in [-0.25, -0.2) is 4.39 Å². The van der Waals surface area contributed by atoms with E-state index < -0.39 is 6.10 Å². The van der Waals surface area contributed by atoms with Crippen LogP contribution >= 0.6 is 0 Å². The molecule has 0 aliphatic heterocycles. The molecule has 2 aromatic rings. The van der Waals surface area contributed by atoms with E-state index in [1.165, 1.54) is 25.3 Å². The molecule has 5 heteroatoms. The minimum Gasteiger partial charge on any atom is -0.372 e. The number of anilines is 1. The van der Waals surface area contributed by atoms with Crippen LogP contribution in [0.25, 0.3) is 5.69 Å². The topological polar surface area (TPSA) is 43.3 Å². The zero-order valence-corrected chi connectivity index (χ0v) is 10.8. The van der Waals surface area contributed by atoms with Crippen LogP contribution in [0.4, 0.5) is 10.1 Å². The van der Waals surface area contributed by atoms with Crippen molar-refractivity contribution in [3.63, 3.8) is 0 Å². The highest BCUT2D eigenvalue weighted by atomic mass is 19.1. The van der Waals surface area contributed by atoms with E-state index in [0.29, 0.717) is 11.4 Å². The molecule has 4 nitrogen and oxygen atoms in total. The molecule has 1 heterocycles. The van der Waals surface area contributed by atoms with Crippen molar-refractivity contribution in [3.05, 3.63) is 48.5 Å². The van der Waals surface area contributed by atoms with Gasteiger partial charge < -0.3 is 14.6 Å². The van der Waals surface area contributed by atoms with Crippen LogP contribution in [0.2, 0.25) is 0 Å². The summed E-state index contributed by atoms with van der Waals surface area (Å²) >= 11 is 0. The Morgan fingerprint density at radius 1 is 1.37 bits per heavy atom. The van der Waals surface area contributed by atoms with Crippen molar-refractivity contribution < 1.29 is 13.9 Å². The van der Waals surface area contributed by atoms with E-state index in [-0.39, 0.29) is 11.7 Å². The number of hydrogen-bond acceptors (Lipinski definition) is 2. The lowest BCUT2D eigenvalue weighted by Crippen LogP contribution is -2.27. The van der Waals surface area contributed by atoms with Gasteiger partial charge in [-0.15, -0.1) is 0 Å². The van der Waals surface area contributed by atoms with Crippen LogP contribution in [0.3, 0.4) is 0 Å². The predicted molar refractivity (Wildman–Crippen MR) is 70.8 cm³/mol. The molecule has 1 amide bonds. The second kappa shape index (κ2) is 5.67. The number of nitrogens with zero attached hydrogens (tertiary/aromatic N) is 1. The van der Waals surface area contributed by atoms with Crippen LogP contribution in [0, 0.1) is 5.82 Å². The van der Waals surface area contributed by atoms with E-state index in [1.54, 1.807) is 23.9 Å². The van der Waals surface area contributed by atoms with Gasteiger partial charge in [-0.05, 0) is 37.3 Å². The molecule has 1 N–H and O–H groups in total. The molecule has 0 saturated heterocycles. The Bertz CT molecular complexity index is 567. The maximum absolute atomic E-state index is 13.4. The normalized spacial score (nSPS) is 12.2. The summed E-state index contributed by atoms with van der Waals surface area (Å²) in [5.41, 5.74) is 1.10. The average molecular weight is 262 g/mol. The van der Waals surface area contributed by atoms with Crippen LogP contribution in [0.5, 0.6) is 0 Å². The predicted octanol–water partition coefficient (Wildman–Crippen LogP) is 2.59. The van der Waals surface area contributed by atoms with Gasteiger partial charge in [-0.1, -0.05) is 0 Å². The number of carbonyl (C=O) groups excluding carboxylic acids is 1. The third kappa shape index (κ3) is 3.00. The fourth-order valence-corrected chi connectivity index (χ4v) is 1.66. The largest absolute Gasteiger partial charge is 0.372 e. The van der Waals surface area contributed by atoms with Crippen molar-refractivity contribution in [2.24, 2.45) is 0 Å². The number of methoxy groups -OCH3 is 1. The van der Waals surface area contributed by atoms with Gasteiger partial charge in [0, 0.05) is 19.5 Å². The molecule has 0 aliphatic rings. The van der Waals surface area contributed by atoms with Gasteiger partial charge in [0.15, 0.2) is 0 Å². The van der Waals surface area contributed by atoms with Crippen molar-refractivity contribution >= 4 is 11.6 Å². The average Bonchev–Trinajstić information content (AvgIpc) is 2.93. The molecule has 2 rings (SSSR count). The van der Waals surface area contributed by atoms with Crippen LogP contribution in [0.1, 0.15) is 6.92 Å². The molecule has 19 heavy (non-hydrogen) atoms. The molecule has 1 aromatic carbocycles. The highest BCUT2D eigenvalue weighted by Gasteiger charge is 2.14. The lowest BCUT2D eigenvalue weighted by Gasteiger charge is -2.14. The number of benzene rings is 1. The van der Waals surface area contributed by atoms with Gasteiger partial charge in [-0.2, -0.15) is 0 Å². The van der Waals surface area contributed by atoms with Crippen LogP contribution < -0.4 is 5.32 Å². The Morgan fingerprint density at radius 2 is 2.05 bits per heavy atom. The molecule has 0 radical (unpaired) electrons. The van der Waals surface area contributed by atoms with E-state index in [4.69, 9.17) is 4.74 Å². The minimum absolute atomic E-state index is 0.275. The Balaban J connectivity index is 2.33. The quantitative estimate of drug-likeness (QED) is 0.920. The molecule has 1 aromatic heterocycles. The van der Waals surface area contributed by atoms with Crippen LogP contribution in [0.15, 0.2) is 42.7 Å². The number of rotatable bonds is 4. The number of amides is 1. The fourth-order valence-electron chi connectivity index (χ4n) is 1.66. The highest BCUT2D eigenvalue weighted by Crippen LogP contribution is 2.22. The van der Waals surface area contributed by atoms with Crippen molar-refractivity contribution in [1.82, 2.24) is 4.57 Å². The van der Waals surface area contributed by atoms with Gasteiger partial charge >= 0.3 is 0 Å². The molecule has 0 spiro atoms. The highest BCUT2D eigenvalue weighted by molar-refractivity contribution is 5.95. The summed E-state index contributed by atoms with van der Waals surface area (Å²) in [5.74, 6) is -0.635. The Morgan fingerprint density at radius 3 is 2.68 bits per heavy atom. The SMILES string of the molecule is CO[C@@H](C)C(=O)Nc1ccc(F)cc1-n1cccc1. The van der Waals surface area contributed by atoms with Gasteiger partial charge in [0.2, 0.25) is 0 Å². The first kappa shape index (κ1) is 13.3. The third-order valence-corrected chi connectivity index (χ3v) is 2.82. The molecule has 0 fully saturated rings. The van der Waals surface area contributed by atoms with Gasteiger partial charge in [0.25, 0.3) is 5.91 Å². The summed E-state index contributed by atoms with van der Waals surface area (Å²) < 4.78 is 20.0. The molecular weight excluding hydrogens is 247 g/mol. The first-order valence-corrected chi connectivity index (χ1v) is 5.88. The second-order valence-electron chi connectivity index (χ2n) is 4.12. The van der Waals surface area contributed by atoms with E-state index in [0.717, 1.165) is 0 Å². The maximum atomic E-state index is 13.4. The Hall–Kier alpha value is -2.14. The number of ether oxygens (including phenoxy) is 1. The summed E-state index contributed by atoms with van der Waals surface area (Å²) in [7, 11) is 1.46. The van der Waals surface area contributed by atoms with Crippen LogP contribution in [-0.4, -0.2) is 23.7 Å². The lowest BCUT2D eigenvalue weighted by atomic mass is 10.2. The van der Waals surface area contributed by atoms with Crippen molar-refractivity contribution in [2.45, 2.75) is 13.0 Å². The van der Waals surface area contributed by atoms with Crippen LogP contribution in [-0.2, 0) is 9.53 Å². The number of nitrogens with one attached hydrogen (secondary N) is 1. The monoisotopic (exact) mass is 262 g/mol. The summed E-state index contributed by atoms with van der Waals surface area (Å²) in [6, 6.07) is 7.86. The number of carbonyl (C=O) groups is 1. The van der Waals surface area contributed by atoms with Gasteiger partial charge in [-0.3, -0.25) is 4.79 Å². The van der Waals surface area contributed by atoms with E-state index in [1.807, 2.05) is 12.1 Å². The number of hydrogen-bond donors (Lipinski definition) is 1. The first-order chi connectivity index (χ1) is 9.11. The smallest absolute Gasteiger partial charge is 0.253 e. The zero-order valence-electron chi connectivity index (χ0n) is 10.8. The minimum atomic E-state index is -0.567. The first-order valence-electron chi connectivity index (χ1n) is 5.88. The third-order valence-electron chi connectivity index (χ3n) is 2.82. The summed E-state index contributed by atoms with van der Waals surface area (Å²) in [6.07, 6.45) is 3.00. The Labute approximate surface area is 110 Å². The van der Waals surface area contributed by atoms with E-state index in [9.17, 15) is 9.18 Å². The van der Waals surface area contributed by atoms with Crippen molar-refractivity contribution in [1.29, 1.82) is 0 Å². The summed E-state index contributed by atoms with van der Waals surface area (Å²) in [6.45, 7) is 1.65. The molecule has 0 unspecified atom stereocenters. The molecule has 0 saturated carbocycles. The summed E-state index contributed by atoms with van der Waals surface area (Å²) in [4.78, 5) is 11.8. The molecule has 100 valence electrons. The van der Waals surface area contributed by atoms with Gasteiger partial charge in [0.05, 0.1) is 11.4 Å². The van der Waals surface area contributed by atoms with Crippen molar-refractivity contribution in [3.8, 4) is 5.69 Å². The zero-order chi connectivity index (χ0) is 13.8. The fraction of sp³-hybridized carbons (Fsp3) is 0.214. The lowest BCUT2D eigenvalue weighted by molar-refractivity contribution is -0.124. The molecule has 0 aliphatic carbocycles. The maximum Gasteiger partial charge on any atom is 0.253 e. The second-order valence-corrected chi connectivity index (χ2v) is 4.12. The number of aromatic nitrogens is 1. The number of halogens is 1.